The standard InChI is InChI=1S/C16H23N3O2S/c20-15(21)13-4-3-5-14(18-13)17-12-16(6-1-2-7-16)19-8-10-22-11-9-19/h3-5H,1-2,6-12H2,(H,17,18)(H,20,21). The number of pyridine rings is 1. The highest BCUT2D eigenvalue weighted by Gasteiger charge is 2.39. The number of hydrogen-bond acceptors (Lipinski definition) is 5. The molecule has 2 aliphatic rings. The van der Waals surface area contributed by atoms with Crippen LogP contribution in [0.5, 0.6) is 0 Å². The second-order valence-electron chi connectivity index (χ2n) is 6.10. The molecule has 1 aliphatic carbocycles. The molecule has 1 aromatic rings. The highest BCUT2D eigenvalue weighted by molar-refractivity contribution is 7.99. The van der Waals surface area contributed by atoms with Gasteiger partial charge in [-0.25, -0.2) is 9.78 Å². The maximum absolute atomic E-state index is 11.0. The van der Waals surface area contributed by atoms with Crippen LogP contribution in [0.25, 0.3) is 0 Å². The summed E-state index contributed by atoms with van der Waals surface area (Å²) in [4.78, 5) is 17.8. The molecular formula is C16H23N3O2S. The summed E-state index contributed by atoms with van der Waals surface area (Å²) in [5.41, 5.74) is 0.321. The van der Waals surface area contributed by atoms with Crippen LogP contribution in [0.1, 0.15) is 36.2 Å². The molecule has 5 nitrogen and oxygen atoms in total. The third kappa shape index (κ3) is 3.38. The summed E-state index contributed by atoms with van der Waals surface area (Å²) in [6.45, 7) is 3.18. The van der Waals surface area contributed by atoms with E-state index in [2.05, 4.69) is 15.2 Å². The average Bonchev–Trinajstić information content (AvgIpc) is 3.04. The summed E-state index contributed by atoms with van der Waals surface area (Å²) >= 11 is 2.04. The van der Waals surface area contributed by atoms with E-state index in [1.807, 2.05) is 17.8 Å². The Morgan fingerprint density at radius 2 is 2.05 bits per heavy atom. The Balaban J connectivity index is 1.69. The fourth-order valence-electron chi connectivity index (χ4n) is 3.58. The van der Waals surface area contributed by atoms with Crippen molar-refractivity contribution in [1.29, 1.82) is 0 Å². The third-order valence-corrected chi connectivity index (χ3v) is 5.73. The molecule has 1 saturated carbocycles. The number of carboxylic acid groups (broad SMARTS) is 1. The molecule has 120 valence electrons. The Bertz CT molecular complexity index is 526. The van der Waals surface area contributed by atoms with Crippen molar-refractivity contribution in [2.45, 2.75) is 31.2 Å². The molecule has 0 unspecified atom stereocenters. The third-order valence-electron chi connectivity index (χ3n) is 4.78. The number of thioether (sulfide) groups is 1. The van der Waals surface area contributed by atoms with Gasteiger partial charge in [-0.1, -0.05) is 18.9 Å². The van der Waals surface area contributed by atoms with Crippen molar-refractivity contribution in [2.24, 2.45) is 0 Å². The number of nitrogens with one attached hydrogen (secondary N) is 1. The van der Waals surface area contributed by atoms with Crippen molar-refractivity contribution >= 4 is 23.5 Å². The summed E-state index contributed by atoms with van der Waals surface area (Å²) in [6.07, 6.45) is 5.02. The lowest BCUT2D eigenvalue weighted by Gasteiger charge is -2.43. The number of aromatic carboxylic acids is 1. The first-order valence-electron chi connectivity index (χ1n) is 7.97. The van der Waals surface area contributed by atoms with Crippen LogP contribution in [0.3, 0.4) is 0 Å². The van der Waals surface area contributed by atoms with Gasteiger partial charge in [0.15, 0.2) is 5.69 Å². The van der Waals surface area contributed by atoms with Gasteiger partial charge in [0.2, 0.25) is 0 Å². The van der Waals surface area contributed by atoms with Gasteiger partial charge >= 0.3 is 5.97 Å². The number of carboxylic acids is 1. The zero-order chi connectivity index (χ0) is 15.4. The Hall–Kier alpha value is -1.27. The maximum Gasteiger partial charge on any atom is 0.354 e. The number of anilines is 1. The fourth-order valence-corrected chi connectivity index (χ4v) is 4.49. The minimum absolute atomic E-state index is 0.0971. The molecule has 0 radical (unpaired) electrons. The molecule has 2 heterocycles. The van der Waals surface area contributed by atoms with Crippen molar-refractivity contribution in [2.75, 3.05) is 36.5 Å². The molecule has 1 saturated heterocycles. The smallest absolute Gasteiger partial charge is 0.354 e. The van der Waals surface area contributed by atoms with E-state index in [1.165, 1.54) is 43.3 Å². The highest BCUT2D eigenvalue weighted by atomic mass is 32.2. The SMILES string of the molecule is O=C(O)c1cccc(NCC2(N3CCSCC3)CCCC2)n1. The van der Waals surface area contributed by atoms with E-state index in [-0.39, 0.29) is 11.2 Å². The molecule has 3 rings (SSSR count). The highest BCUT2D eigenvalue weighted by Crippen LogP contribution is 2.36. The second-order valence-corrected chi connectivity index (χ2v) is 7.32. The Morgan fingerprint density at radius 3 is 2.73 bits per heavy atom. The average molecular weight is 321 g/mol. The quantitative estimate of drug-likeness (QED) is 0.869. The molecule has 22 heavy (non-hydrogen) atoms. The van der Waals surface area contributed by atoms with E-state index in [0.717, 1.165) is 19.6 Å². The molecular weight excluding hydrogens is 298 g/mol. The van der Waals surface area contributed by atoms with E-state index in [1.54, 1.807) is 6.07 Å². The topological polar surface area (TPSA) is 65.5 Å². The first-order valence-corrected chi connectivity index (χ1v) is 9.12. The minimum atomic E-state index is -0.979. The van der Waals surface area contributed by atoms with Gasteiger partial charge in [0.25, 0.3) is 0 Å². The van der Waals surface area contributed by atoms with Gasteiger partial charge in [0, 0.05) is 36.7 Å². The van der Waals surface area contributed by atoms with Crippen LogP contribution >= 0.6 is 11.8 Å². The zero-order valence-corrected chi connectivity index (χ0v) is 13.6. The van der Waals surface area contributed by atoms with Gasteiger partial charge in [-0.3, -0.25) is 4.90 Å². The normalized spacial score (nSPS) is 21.6. The second kappa shape index (κ2) is 6.87. The first-order chi connectivity index (χ1) is 10.7. The van der Waals surface area contributed by atoms with Crippen molar-refractivity contribution in [1.82, 2.24) is 9.88 Å². The van der Waals surface area contributed by atoms with E-state index in [4.69, 9.17) is 5.11 Å². The molecule has 6 heteroatoms. The zero-order valence-electron chi connectivity index (χ0n) is 12.8. The predicted octanol–water partition coefficient (Wildman–Crippen LogP) is 2.55. The molecule has 1 aromatic heterocycles. The number of nitrogens with zero attached hydrogens (tertiary/aromatic N) is 2. The van der Waals surface area contributed by atoms with E-state index >= 15 is 0 Å². The van der Waals surface area contributed by atoms with Crippen molar-refractivity contribution < 1.29 is 9.90 Å². The summed E-state index contributed by atoms with van der Waals surface area (Å²) < 4.78 is 0. The Labute approximate surface area is 135 Å². The molecule has 2 N–H and O–H groups in total. The number of aromatic nitrogens is 1. The molecule has 0 aromatic carbocycles. The van der Waals surface area contributed by atoms with Gasteiger partial charge in [-0.2, -0.15) is 11.8 Å². The first kappa shape index (κ1) is 15.6. The lowest BCUT2D eigenvalue weighted by molar-refractivity contribution is 0.0690. The molecule has 0 amide bonds. The summed E-state index contributed by atoms with van der Waals surface area (Å²) in [6, 6.07) is 5.12. The Kier molecular flexibility index (Phi) is 4.88. The maximum atomic E-state index is 11.0. The van der Waals surface area contributed by atoms with Crippen molar-refractivity contribution in [3.63, 3.8) is 0 Å². The Morgan fingerprint density at radius 1 is 1.32 bits per heavy atom. The number of rotatable bonds is 5. The van der Waals surface area contributed by atoms with Crippen LogP contribution in [0, 0.1) is 0 Å². The monoisotopic (exact) mass is 321 g/mol. The molecule has 0 bridgehead atoms. The summed E-state index contributed by atoms with van der Waals surface area (Å²) in [5, 5.41) is 12.4. The van der Waals surface area contributed by atoms with Crippen LogP contribution in [0.4, 0.5) is 5.82 Å². The summed E-state index contributed by atoms with van der Waals surface area (Å²) in [5.74, 6) is 2.12. The molecule has 0 spiro atoms. The van der Waals surface area contributed by atoms with Crippen LogP contribution < -0.4 is 5.32 Å². The summed E-state index contributed by atoms with van der Waals surface area (Å²) in [7, 11) is 0. The van der Waals surface area contributed by atoms with Crippen LogP contribution in [-0.2, 0) is 0 Å². The lowest BCUT2D eigenvalue weighted by atomic mass is 9.94. The minimum Gasteiger partial charge on any atom is -0.477 e. The van der Waals surface area contributed by atoms with Crippen LogP contribution in [-0.4, -0.2) is 57.6 Å². The van der Waals surface area contributed by atoms with Crippen molar-refractivity contribution in [3.05, 3.63) is 23.9 Å². The molecule has 0 atom stereocenters. The number of hydrogen-bond donors (Lipinski definition) is 2. The van der Waals surface area contributed by atoms with Gasteiger partial charge in [0.1, 0.15) is 5.82 Å². The lowest BCUT2D eigenvalue weighted by Crippen LogP contribution is -2.54. The van der Waals surface area contributed by atoms with Gasteiger partial charge in [-0.15, -0.1) is 0 Å². The van der Waals surface area contributed by atoms with E-state index < -0.39 is 5.97 Å². The molecule has 1 aliphatic heterocycles. The van der Waals surface area contributed by atoms with Crippen LogP contribution in [0.2, 0.25) is 0 Å². The predicted molar refractivity (Wildman–Crippen MR) is 89.8 cm³/mol. The van der Waals surface area contributed by atoms with Gasteiger partial charge < -0.3 is 10.4 Å². The molecule has 2 fully saturated rings. The van der Waals surface area contributed by atoms with Crippen molar-refractivity contribution in [3.8, 4) is 0 Å². The number of carbonyl (C=O) groups is 1. The van der Waals surface area contributed by atoms with Crippen LogP contribution in [0.15, 0.2) is 18.2 Å². The van der Waals surface area contributed by atoms with Gasteiger partial charge in [0.05, 0.1) is 0 Å². The largest absolute Gasteiger partial charge is 0.477 e. The van der Waals surface area contributed by atoms with Gasteiger partial charge in [-0.05, 0) is 25.0 Å². The van der Waals surface area contributed by atoms with E-state index in [0.29, 0.717) is 5.82 Å². The fraction of sp³-hybridized carbons (Fsp3) is 0.625. The van der Waals surface area contributed by atoms with E-state index in [9.17, 15) is 4.79 Å².